The topological polar surface area (TPSA) is 0 Å². The molecule has 0 heterocycles. The molecule has 0 N–H and O–H groups in total. The molecule has 70 valence electrons. The Bertz CT molecular complexity index is 159. The van der Waals surface area contributed by atoms with Crippen LogP contribution >= 0.6 is 0 Å². The standard InChI is InChI=1S/C9H12.C2H6.CH4/c1-5-7-9(6-2)8(3)4;1-2;/h5-7H,1-3H2,4H3;1-2H3;1H4/b9-7+;;. The second kappa shape index (κ2) is 12.6. The molecule has 0 fully saturated rings. The predicted molar refractivity (Wildman–Crippen MR) is 61.4 cm³/mol. The van der Waals surface area contributed by atoms with Gasteiger partial charge in [0.05, 0.1) is 0 Å². The maximum atomic E-state index is 3.76. The maximum absolute atomic E-state index is 3.76. The molecule has 0 bridgehead atoms. The normalized spacial score (nSPS) is 8.42. The fraction of sp³-hybridized carbons (Fsp3) is 0.333. The van der Waals surface area contributed by atoms with Gasteiger partial charge in [-0.25, -0.2) is 0 Å². The molecular weight excluding hydrogens is 144 g/mol. The molecule has 0 nitrogen and oxygen atoms in total. The average molecular weight is 166 g/mol. The molecule has 0 aromatic heterocycles. The predicted octanol–water partition coefficient (Wildman–Crippen LogP) is 4.52. The molecule has 0 saturated heterocycles. The quantitative estimate of drug-likeness (QED) is 0.541. The summed E-state index contributed by atoms with van der Waals surface area (Å²) in [7, 11) is 0. The fourth-order valence-corrected chi connectivity index (χ4v) is 0.511. The summed E-state index contributed by atoms with van der Waals surface area (Å²) in [5.41, 5.74) is 2.06. The Hall–Kier alpha value is -1.04. The molecule has 0 unspecified atom stereocenters. The van der Waals surface area contributed by atoms with Gasteiger partial charge in [0, 0.05) is 0 Å². The zero-order chi connectivity index (χ0) is 9.28. The van der Waals surface area contributed by atoms with Crippen LogP contribution < -0.4 is 0 Å². The Morgan fingerprint density at radius 3 is 1.67 bits per heavy atom. The van der Waals surface area contributed by atoms with Crippen LogP contribution in [0.1, 0.15) is 28.2 Å². The van der Waals surface area contributed by atoms with Gasteiger partial charge in [0.15, 0.2) is 0 Å². The Balaban J connectivity index is -0.000000249. The monoisotopic (exact) mass is 166 g/mol. The SMILES string of the molecule is C.C=C/C=C(\C=C)C(=C)C.CC. The van der Waals surface area contributed by atoms with Gasteiger partial charge in [0.25, 0.3) is 0 Å². The second-order valence-electron chi connectivity index (χ2n) is 1.84. The van der Waals surface area contributed by atoms with Crippen molar-refractivity contribution in [3.8, 4) is 0 Å². The van der Waals surface area contributed by atoms with E-state index in [9.17, 15) is 0 Å². The minimum atomic E-state index is 0. The van der Waals surface area contributed by atoms with Crippen molar-refractivity contribution in [3.05, 3.63) is 49.1 Å². The molecule has 0 radical (unpaired) electrons. The van der Waals surface area contributed by atoms with E-state index in [0.29, 0.717) is 0 Å². The molecule has 0 atom stereocenters. The van der Waals surface area contributed by atoms with Crippen LogP contribution in [0.5, 0.6) is 0 Å². The highest BCUT2D eigenvalue weighted by atomic mass is 13.9. The van der Waals surface area contributed by atoms with E-state index in [1.165, 1.54) is 0 Å². The van der Waals surface area contributed by atoms with E-state index < -0.39 is 0 Å². The van der Waals surface area contributed by atoms with Crippen LogP contribution in [0, 0.1) is 0 Å². The molecule has 0 aliphatic carbocycles. The molecule has 0 rings (SSSR count). The van der Waals surface area contributed by atoms with Gasteiger partial charge in [-0.05, 0) is 12.5 Å². The lowest BCUT2D eigenvalue weighted by Gasteiger charge is -1.95. The van der Waals surface area contributed by atoms with Crippen LogP contribution in [0.4, 0.5) is 0 Å². The van der Waals surface area contributed by atoms with Crippen LogP contribution in [-0.4, -0.2) is 0 Å². The van der Waals surface area contributed by atoms with Crippen LogP contribution in [0.3, 0.4) is 0 Å². The Morgan fingerprint density at radius 2 is 1.58 bits per heavy atom. The van der Waals surface area contributed by atoms with Gasteiger partial charge in [0.2, 0.25) is 0 Å². The van der Waals surface area contributed by atoms with E-state index in [1.54, 1.807) is 12.2 Å². The minimum absolute atomic E-state index is 0. The van der Waals surface area contributed by atoms with Gasteiger partial charge in [-0.2, -0.15) is 0 Å². The summed E-state index contributed by atoms with van der Waals surface area (Å²) in [4.78, 5) is 0. The van der Waals surface area contributed by atoms with E-state index in [0.717, 1.165) is 11.1 Å². The van der Waals surface area contributed by atoms with Crippen LogP contribution in [0.15, 0.2) is 49.1 Å². The summed E-state index contributed by atoms with van der Waals surface area (Å²) >= 11 is 0. The molecule has 0 aromatic carbocycles. The maximum Gasteiger partial charge on any atom is -0.0239 e. The van der Waals surface area contributed by atoms with Gasteiger partial charge >= 0.3 is 0 Å². The number of hydrogen-bond acceptors (Lipinski definition) is 0. The molecule has 0 saturated carbocycles. The van der Waals surface area contributed by atoms with Crippen molar-refractivity contribution in [1.29, 1.82) is 0 Å². The van der Waals surface area contributed by atoms with Crippen molar-refractivity contribution >= 4 is 0 Å². The highest BCUT2D eigenvalue weighted by Gasteiger charge is 1.86. The molecule has 0 aromatic rings. The van der Waals surface area contributed by atoms with Crippen molar-refractivity contribution in [1.82, 2.24) is 0 Å². The third-order valence-corrected chi connectivity index (χ3v) is 1.01. The molecule has 0 spiro atoms. The number of allylic oxidation sites excluding steroid dienone is 5. The van der Waals surface area contributed by atoms with Gasteiger partial charge in [-0.15, -0.1) is 0 Å². The van der Waals surface area contributed by atoms with Crippen LogP contribution in [0.25, 0.3) is 0 Å². The van der Waals surface area contributed by atoms with Gasteiger partial charge in [-0.3, -0.25) is 0 Å². The molecule has 12 heavy (non-hydrogen) atoms. The van der Waals surface area contributed by atoms with E-state index in [-0.39, 0.29) is 7.43 Å². The van der Waals surface area contributed by atoms with E-state index in [2.05, 4.69) is 19.7 Å². The zero-order valence-corrected chi connectivity index (χ0v) is 7.85. The lowest BCUT2D eigenvalue weighted by molar-refractivity contribution is 1.46. The van der Waals surface area contributed by atoms with Crippen molar-refractivity contribution in [3.63, 3.8) is 0 Å². The number of rotatable bonds is 3. The second-order valence-corrected chi connectivity index (χ2v) is 1.84. The highest BCUT2D eigenvalue weighted by Crippen LogP contribution is 2.06. The van der Waals surface area contributed by atoms with Crippen LogP contribution in [0.2, 0.25) is 0 Å². The third-order valence-electron chi connectivity index (χ3n) is 1.01. The van der Waals surface area contributed by atoms with Crippen LogP contribution in [-0.2, 0) is 0 Å². The Labute approximate surface area is 78.0 Å². The van der Waals surface area contributed by atoms with E-state index >= 15 is 0 Å². The first kappa shape index (κ1) is 17.2. The molecule has 0 amide bonds. The summed E-state index contributed by atoms with van der Waals surface area (Å²) in [5, 5.41) is 0. The molecular formula is C12H22. The molecule has 0 aliphatic heterocycles. The number of hydrogen-bond donors (Lipinski definition) is 0. The average Bonchev–Trinajstić information content (AvgIpc) is 2.03. The summed E-state index contributed by atoms with van der Waals surface area (Å²) < 4.78 is 0. The summed E-state index contributed by atoms with van der Waals surface area (Å²) in [6, 6.07) is 0. The largest absolute Gasteiger partial charge is 0.0990 e. The van der Waals surface area contributed by atoms with Gasteiger partial charge < -0.3 is 0 Å². The Morgan fingerprint density at radius 1 is 1.17 bits per heavy atom. The van der Waals surface area contributed by atoms with Crippen molar-refractivity contribution in [2.75, 3.05) is 0 Å². The minimum Gasteiger partial charge on any atom is -0.0990 e. The van der Waals surface area contributed by atoms with Gasteiger partial charge in [-0.1, -0.05) is 64.8 Å². The summed E-state index contributed by atoms with van der Waals surface area (Å²) in [6.45, 7) is 16.9. The first-order valence-electron chi connectivity index (χ1n) is 3.83. The smallest absolute Gasteiger partial charge is 0.0239 e. The van der Waals surface area contributed by atoms with E-state index in [1.807, 2.05) is 26.8 Å². The lowest BCUT2D eigenvalue weighted by atomic mass is 10.1. The fourth-order valence-electron chi connectivity index (χ4n) is 0.511. The first-order chi connectivity index (χ1) is 5.22. The first-order valence-corrected chi connectivity index (χ1v) is 3.83. The zero-order valence-electron chi connectivity index (χ0n) is 7.85. The van der Waals surface area contributed by atoms with Crippen molar-refractivity contribution in [2.45, 2.75) is 28.2 Å². The Kier molecular flexibility index (Phi) is 18.0. The summed E-state index contributed by atoms with van der Waals surface area (Å²) in [5.74, 6) is 0. The summed E-state index contributed by atoms with van der Waals surface area (Å²) in [6.07, 6.45) is 5.38. The van der Waals surface area contributed by atoms with Crippen molar-refractivity contribution < 1.29 is 0 Å². The van der Waals surface area contributed by atoms with Gasteiger partial charge in [0.1, 0.15) is 0 Å². The molecule has 0 heteroatoms. The lowest BCUT2D eigenvalue weighted by Crippen LogP contribution is -1.74. The highest BCUT2D eigenvalue weighted by molar-refractivity contribution is 5.37. The van der Waals surface area contributed by atoms with Crippen molar-refractivity contribution in [2.24, 2.45) is 0 Å². The van der Waals surface area contributed by atoms with E-state index in [4.69, 9.17) is 0 Å². The molecule has 0 aliphatic rings. The third kappa shape index (κ3) is 8.96.